The molecule has 1 aliphatic rings. The summed E-state index contributed by atoms with van der Waals surface area (Å²) in [7, 11) is -0.0707. The van der Waals surface area contributed by atoms with Crippen LogP contribution in [0.4, 0.5) is 5.69 Å². The number of benzene rings is 2. The summed E-state index contributed by atoms with van der Waals surface area (Å²) < 4.78 is 27.2. The molecule has 1 fully saturated rings. The summed E-state index contributed by atoms with van der Waals surface area (Å²) in [5.74, 6) is -0.00760. The number of hydrogen-bond donors (Lipinski definition) is 0. The van der Waals surface area contributed by atoms with Crippen LogP contribution in [0, 0.1) is 13.8 Å². The number of likely N-dealkylation sites (N-methyl/N-ethyl adjacent to an activating group) is 1. The van der Waals surface area contributed by atoms with Crippen molar-refractivity contribution in [2.45, 2.75) is 18.7 Å². The van der Waals surface area contributed by atoms with Crippen LogP contribution in [0.25, 0.3) is 0 Å². The normalized spacial score (nSPS) is 15.5. The van der Waals surface area contributed by atoms with Crippen molar-refractivity contribution in [1.82, 2.24) is 9.80 Å². The number of amides is 1. The highest BCUT2D eigenvalue weighted by Crippen LogP contribution is 2.27. The molecule has 1 saturated heterocycles. The molecule has 0 radical (unpaired) electrons. The molecule has 0 aromatic heterocycles. The van der Waals surface area contributed by atoms with E-state index in [1.165, 1.54) is 4.31 Å². The molecule has 0 bridgehead atoms. The monoisotopic (exact) mass is 401 g/mol. The van der Waals surface area contributed by atoms with Gasteiger partial charge in [-0.15, -0.1) is 0 Å². The van der Waals surface area contributed by atoms with Crippen molar-refractivity contribution in [3.05, 3.63) is 59.2 Å². The lowest BCUT2D eigenvalue weighted by Crippen LogP contribution is -2.47. The zero-order valence-corrected chi connectivity index (χ0v) is 17.7. The van der Waals surface area contributed by atoms with E-state index < -0.39 is 10.0 Å². The first-order chi connectivity index (χ1) is 13.2. The van der Waals surface area contributed by atoms with Crippen LogP contribution < -0.4 is 4.31 Å². The number of anilines is 1. The van der Waals surface area contributed by atoms with Crippen molar-refractivity contribution in [1.29, 1.82) is 0 Å². The summed E-state index contributed by atoms with van der Waals surface area (Å²) in [5.41, 5.74) is 2.91. The molecule has 28 heavy (non-hydrogen) atoms. The highest BCUT2D eigenvalue weighted by molar-refractivity contribution is 7.92. The third-order valence-electron chi connectivity index (χ3n) is 5.25. The second kappa shape index (κ2) is 7.93. The van der Waals surface area contributed by atoms with Crippen LogP contribution in [0.5, 0.6) is 0 Å². The van der Waals surface area contributed by atoms with Gasteiger partial charge in [-0.2, -0.15) is 0 Å². The van der Waals surface area contributed by atoms with Gasteiger partial charge in [-0.25, -0.2) is 8.42 Å². The Morgan fingerprint density at radius 1 is 0.964 bits per heavy atom. The van der Waals surface area contributed by atoms with Crippen LogP contribution in [-0.4, -0.2) is 64.4 Å². The number of sulfonamides is 1. The van der Waals surface area contributed by atoms with Crippen LogP contribution >= 0.6 is 0 Å². The van der Waals surface area contributed by atoms with E-state index in [0.29, 0.717) is 24.3 Å². The van der Waals surface area contributed by atoms with E-state index in [-0.39, 0.29) is 10.8 Å². The molecule has 1 aliphatic heterocycles. The lowest BCUT2D eigenvalue weighted by molar-refractivity contribution is 0.0664. The average molecular weight is 402 g/mol. The van der Waals surface area contributed by atoms with Crippen molar-refractivity contribution < 1.29 is 13.2 Å². The average Bonchev–Trinajstić information content (AvgIpc) is 2.67. The Kier molecular flexibility index (Phi) is 5.76. The zero-order chi connectivity index (χ0) is 20.5. The predicted molar refractivity (Wildman–Crippen MR) is 111 cm³/mol. The molecular weight excluding hydrogens is 374 g/mol. The van der Waals surface area contributed by atoms with Crippen LogP contribution in [-0.2, 0) is 10.0 Å². The molecule has 2 aromatic carbocycles. The first-order valence-electron chi connectivity index (χ1n) is 9.34. The molecule has 0 spiro atoms. The Hall–Kier alpha value is -2.38. The molecule has 1 amide bonds. The molecule has 0 N–H and O–H groups in total. The van der Waals surface area contributed by atoms with Gasteiger partial charge in [0.05, 0.1) is 10.6 Å². The zero-order valence-electron chi connectivity index (χ0n) is 16.8. The first kappa shape index (κ1) is 20.4. The van der Waals surface area contributed by atoms with Crippen molar-refractivity contribution in [2.24, 2.45) is 0 Å². The number of rotatable bonds is 4. The smallest absolute Gasteiger partial charge is 0.264 e. The minimum atomic E-state index is -3.66. The molecule has 1 heterocycles. The van der Waals surface area contributed by atoms with Crippen LogP contribution in [0.15, 0.2) is 47.4 Å². The van der Waals surface area contributed by atoms with Gasteiger partial charge in [0.2, 0.25) is 0 Å². The van der Waals surface area contributed by atoms with Crippen molar-refractivity contribution in [2.75, 3.05) is 44.6 Å². The maximum Gasteiger partial charge on any atom is 0.264 e. The van der Waals surface area contributed by atoms with Gasteiger partial charge in [0.15, 0.2) is 0 Å². The summed E-state index contributed by atoms with van der Waals surface area (Å²) >= 11 is 0. The van der Waals surface area contributed by atoms with E-state index in [4.69, 9.17) is 0 Å². The van der Waals surface area contributed by atoms with Gasteiger partial charge in [0.25, 0.3) is 15.9 Å². The predicted octanol–water partition coefficient (Wildman–Crippen LogP) is 2.52. The molecule has 0 aliphatic carbocycles. The maximum absolute atomic E-state index is 12.9. The third kappa shape index (κ3) is 4.05. The van der Waals surface area contributed by atoms with Crippen LogP contribution in [0.2, 0.25) is 0 Å². The summed E-state index contributed by atoms with van der Waals surface area (Å²) in [4.78, 5) is 17.1. The Morgan fingerprint density at radius 2 is 1.57 bits per heavy atom. The second-order valence-corrected chi connectivity index (χ2v) is 9.35. The highest BCUT2D eigenvalue weighted by Gasteiger charge is 2.24. The number of piperazine rings is 1. The van der Waals surface area contributed by atoms with Crippen molar-refractivity contribution in [3.63, 3.8) is 0 Å². The minimum Gasteiger partial charge on any atom is -0.336 e. The number of carbonyl (C=O) groups is 1. The quantitative estimate of drug-likeness (QED) is 0.790. The van der Waals surface area contributed by atoms with Crippen LogP contribution in [0.3, 0.4) is 0 Å². The highest BCUT2D eigenvalue weighted by atomic mass is 32.2. The number of hydrogen-bond acceptors (Lipinski definition) is 4. The molecule has 6 nitrogen and oxygen atoms in total. The summed E-state index contributed by atoms with van der Waals surface area (Å²) in [6, 6.07) is 12.0. The standard InChI is InChI=1S/C21H27N3O3S/c1-16-5-8-19(9-6-16)28(26,27)23(4)20-10-7-18(15-17(20)2)21(25)24-13-11-22(3)12-14-24/h5-10,15H,11-14H2,1-4H3. The molecule has 2 aromatic rings. The van der Waals surface area contributed by atoms with Gasteiger partial charge in [-0.3, -0.25) is 9.10 Å². The Labute approximate surface area is 167 Å². The van der Waals surface area contributed by atoms with E-state index >= 15 is 0 Å². The van der Waals surface area contributed by atoms with Gasteiger partial charge in [-0.1, -0.05) is 17.7 Å². The fraction of sp³-hybridized carbons (Fsp3) is 0.381. The van der Waals surface area contributed by atoms with Gasteiger partial charge in [-0.05, 0) is 56.8 Å². The number of nitrogens with zero attached hydrogens (tertiary/aromatic N) is 3. The maximum atomic E-state index is 12.9. The molecule has 3 rings (SSSR count). The lowest BCUT2D eigenvalue weighted by Gasteiger charge is -2.32. The topological polar surface area (TPSA) is 60.9 Å². The molecular formula is C21H27N3O3S. The molecule has 7 heteroatoms. The summed E-state index contributed by atoms with van der Waals surface area (Å²) in [6.07, 6.45) is 0. The van der Waals surface area contributed by atoms with E-state index in [0.717, 1.165) is 24.2 Å². The first-order valence-corrected chi connectivity index (χ1v) is 10.8. The Morgan fingerprint density at radius 3 is 2.14 bits per heavy atom. The van der Waals surface area contributed by atoms with Gasteiger partial charge in [0.1, 0.15) is 0 Å². The number of aryl methyl sites for hydroxylation is 2. The molecule has 0 atom stereocenters. The van der Waals surface area contributed by atoms with Crippen molar-refractivity contribution >= 4 is 21.6 Å². The van der Waals surface area contributed by atoms with Gasteiger partial charge < -0.3 is 9.80 Å². The van der Waals surface area contributed by atoms with Gasteiger partial charge >= 0.3 is 0 Å². The number of carbonyl (C=O) groups excluding carboxylic acids is 1. The van der Waals surface area contributed by atoms with E-state index in [9.17, 15) is 13.2 Å². The fourth-order valence-corrected chi connectivity index (χ4v) is 4.59. The third-order valence-corrected chi connectivity index (χ3v) is 7.04. The minimum absolute atomic E-state index is 0.00760. The molecule has 0 saturated carbocycles. The Bertz CT molecular complexity index is 963. The lowest BCUT2D eigenvalue weighted by atomic mass is 10.1. The molecule has 0 unspecified atom stereocenters. The molecule has 150 valence electrons. The Balaban J connectivity index is 1.83. The van der Waals surface area contributed by atoms with Crippen molar-refractivity contribution in [3.8, 4) is 0 Å². The van der Waals surface area contributed by atoms with Gasteiger partial charge in [0, 0.05) is 38.8 Å². The van der Waals surface area contributed by atoms with E-state index in [2.05, 4.69) is 4.90 Å². The fourth-order valence-electron chi connectivity index (χ4n) is 3.33. The second-order valence-electron chi connectivity index (χ2n) is 7.38. The summed E-state index contributed by atoms with van der Waals surface area (Å²) in [6.45, 7) is 6.88. The largest absolute Gasteiger partial charge is 0.336 e. The SMILES string of the molecule is Cc1ccc(S(=O)(=O)N(C)c2ccc(C(=O)N3CCN(C)CC3)cc2C)cc1. The van der Waals surface area contributed by atoms with E-state index in [1.807, 2.05) is 25.8 Å². The van der Waals surface area contributed by atoms with E-state index in [1.54, 1.807) is 49.5 Å². The summed E-state index contributed by atoms with van der Waals surface area (Å²) in [5, 5.41) is 0. The van der Waals surface area contributed by atoms with Crippen LogP contribution in [0.1, 0.15) is 21.5 Å².